The highest BCUT2D eigenvalue weighted by Crippen LogP contribution is 2.30. The van der Waals surface area contributed by atoms with Gasteiger partial charge in [-0.05, 0) is 70.9 Å². The van der Waals surface area contributed by atoms with Crippen LogP contribution < -0.4 is 10.9 Å². The summed E-state index contributed by atoms with van der Waals surface area (Å²) in [6.45, 7) is 1.61. The quantitative estimate of drug-likeness (QED) is 0.448. The number of amides is 1. The maximum absolute atomic E-state index is 12.8. The van der Waals surface area contributed by atoms with Crippen molar-refractivity contribution in [1.29, 1.82) is 0 Å². The van der Waals surface area contributed by atoms with E-state index < -0.39 is 11.9 Å². The second kappa shape index (κ2) is 9.05. The summed E-state index contributed by atoms with van der Waals surface area (Å²) in [6, 6.07) is 12.3. The first-order valence-electron chi connectivity index (χ1n) is 9.69. The van der Waals surface area contributed by atoms with Crippen molar-refractivity contribution in [2.24, 2.45) is 0 Å². The predicted octanol–water partition coefficient (Wildman–Crippen LogP) is 2.79. The van der Waals surface area contributed by atoms with Crippen molar-refractivity contribution in [3.05, 3.63) is 87.6 Å². The van der Waals surface area contributed by atoms with Gasteiger partial charge in [0.05, 0.1) is 11.3 Å². The molecule has 2 N–H and O–H groups in total. The Balaban J connectivity index is 1.60. The van der Waals surface area contributed by atoms with E-state index in [1.54, 1.807) is 24.4 Å². The van der Waals surface area contributed by atoms with Gasteiger partial charge in [-0.15, -0.1) is 5.10 Å². The molecule has 2 aromatic carbocycles. The van der Waals surface area contributed by atoms with E-state index in [-0.39, 0.29) is 17.7 Å². The SMILES string of the molecule is Cc1cn(CC(=O)Nc2ccc(C(=O)O)cc2)c(=O)cc1-c1cc(Cl)ccc1-n1cnnn1. The Morgan fingerprint density at radius 2 is 1.85 bits per heavy atom. The highest BCUT2D eigenvalue weighted by atomic mass is 35.5. The summed E-state index contributed by atoms with van der Waals surface area (Å²) in [5.74, 6) is -1.48. The molecule has 0 unspecified atom stereocenters. The predicted molar refractivity (Wildman–Crippen MR) is 121 cm³/mol. The van der Waals surface area contributed by atoms with Crippen molar-refractivity contribution in [3.8, 4) is 16.8 Å². The number of aryl methyl sites for hydroxylation is 1. The number of halogens is 1. The zero-order chi connectivity index (χ0) is 23.5. The molecule has 166 valence electrons. The molecule has 0 aliphatic rings. The van der Waals surface area contributed by atoms with Crippen LogP contribution in [-0.2, 0) is 11.3 Å². The molecule has 4 aromatic rings. The number of hydrogen-bond donors (Lipinski definition) is 2. The standard InChI is InChI=1S/C22H17ClN6O4/c1-13-10-28(11-20(30)25-16-5-2-14(3-6-16)22(32)33)21(31)9-17(13)18-8-15(23)4-7-19(18)29-12-24-26-27-29/h2-10,12H,11H2,1H3,(H,25,30)(H,32,33). The first-order valence-corrected chi connectivity index (χ1v) is 10.1. The van der Waals surface area contributed by atoms with Crippen LogP contribution in [0.5, 0.6) is 0 Å². The van der Waals surface area contributed by atoms with E-state index in [0.717, 1.165) is 5.56 Å². The van der Waals surface area contributed by atoms with Gasteiger partial charge in [-0.25, -0.2) is 4.79 Å². The summed E-state index contributed by atoms with van der Waals surface area (Å²) in [7, 11) is 0. The number of carbonyl (C=O) groups is 2. The fourth-order valence-electron chi connectivity index (χ4n) is 3.35. The summed E-state index contributed by atoms with van der Waals surface area (Å²) in [5, 5.41) is 23.3. The Hall–Kier alpha value is -4.31. The topological polar surface area (TPSA) is 132 Å². The van der Waals surface area contributed by atoms with E-state index in [4.69, 9.17) is 16.7 Å². The first-order chi connectivity index (χ1) is 15.8. The van der Waals surface area contributed by atoms with Crippen LogP contribution in [0, 0.1) is 6.92 Å². The third-order valence-corrected chi connectivity index (χ3v) is 5.13. The maximum Gasteiger partial charge on any atom is 0.335 e. The van der Waals surface area contributed by atoms with E-state index in [1.807, 2.05) is 6.92 Å². The molecule has 0 saturated heterocycles. The molecule has 11 heteroatoms. The molecule has 0 saturated carbocycles. The Kier molecular flexibility index (Phi) is 6.01. The van der Waals surface area contributed by atoms with Crippen molar-refractivity contribution in [2.75, 3.05) is 5.32 Å². The van der Waals surface area contributed by atoms with Crippen LogP contribution in [0.25, 0.3) is 16.8 Å². The second-order valence-electron chi connectivity index (χ2n) is 7.18. The highest BCUT2D eigenvalue weighted by molar-refractivity contribution is 6.31. The van der Waals surface area contributed by atoms with Crippen molar-refractivity contribution in [3.63, 3.8) is 0 Å². The lowest BCUT2D eigenvalue weighted by Gasteiger charge is -2.14. The van der Waals surface area contributed by atoms with Crippen LogP contribution in [0.15, 0.2) is 65.8 Å². The second-order valence-corrected chi connectivity index (χ2v) is 7.62. The van der Waals surface area contributed by atoms with E-state index in [2.05, 4.69) is 20.8 Å². The number of nitrogens with zero attached hydrogens (tertiary/aromatic N) is 5. The largest absolute Gasteiger partial charge is 0.478 e. The molecule has 2 heterocycles. The van der Waals surface area contributed by atoms with Crippen LogP contribution in [-0.4, -0.2) is 41.8 Å². The highest BCUT2D eigenvalue weighted by Gasteiger charge is 2.15. The number of aromatic carboxylic acids is 1. The van der Waals surface area contributed by atoms with Crippen molar-refractivity contribution < 1.29 is 14.7 Å². The number of carboxylic acids is 1. The lowest BCUT2D eigenvalue weighted by Crippen LogP contribution is -2.27. The minimum atomic E-state index is -1.06. The molecule has 0 fully saturated rings. The van der Waals surface area contributed by atoms with Gasteiger partial charge in [-0.1, -0.05) is 11.6 Å². The van der Waals surface area contributed by atoms with Gasteiger partial charge in [0, 0.05) is 28.5 Å². The number of tetrazole rings is 1. The molecule has 0 atom stereocenters. The van der Waals surface area contributed by atoms with Crippen molar-refractivity contribution >= 4 is 29.2 Å². The lowest BCUT2D eigenvalue weighted by molar-refractivity contribution is -0.116. The maximum atomic E-state index is 12.8. The summed E-state index contributed by atoms with van der Waals surface area (Å²) < 4.78 is 2.76. The Labute approximate surface area is 192 Å². The monoisotopic (exact) mass is 464 g/mol. The van der Waals surface area contributed by atoms with Gasteiger partial charge in [0.1, 0.15) is 12.9 Å². The fraction of sp³-hybridized carbons (Fsp3) is 0.0909. The number of benzene rings is 2. The van der Waals surface area contributed by atoms with Crippen LogP contribution in [0.4, 0.5) is 5.69 Å². The Bertz CT molecular complexity index is 1400. The third-order valence-electron chi connectivity index (χ3n) is 4.90. The smallest absolute Gasteiger partial charge is 0.335 e. The number of rotatable bonds is 6. The fourth-order valence-corrected chi connectivity index (χ4v) is 3.52. The summed E-state index contributed by atoms with van der Waals surface area (Å²) in [5.41, 5.74) is 2.84. The lowest BCUT2D eigenvalue weighted by atomic mass is 10.0. The molecule has 0 aliphatic carbocycles. The molecule has 0 bridgehead atoms. The normalized spacial score (nSPS) is 10.7. The van der Waals surface area contributed by atoms with Crippen LogP contribution >= 0.6 is 11.6 Å². The average molecular weight is 465 g/mol. The van der Waals surface area contributed by atoms with Crippen LogP contribution in [0.3, 0.4) is 0 Å². The van der Waals surface area contributed by atoms with E-state index in [0.29, 0.717) is 27.5 Å². The number of carbonyl (C=O) groups excluding carboxylic acids is 1. The van der Waals surface area contributed by atoms with E-state index in [9.17, 15) is 14.4 Å². The molecule has 4 rings (SSSR count). The number of carboxylic acid groups (broad SMARTS) is 1. The van der Waals surface area contributed by atoms with Gasteiger partial charge in [0.15, 0.2) is 0 Å². The van der Waals surface area contributed by atoms with Gasteiger partial charge in [0.25, 0.3) is 5.56 Å². The molecule has 0 spiro atoms. The first kappa shape index (κ1) is 21.9. The number of aromatic nitrogens is 5. The zero-order valence-electron chi connectivity index (χ0n) is 17.3. The molecule has 10 nitrogen and oxygen atoms in total. The molecule has 1 amide bonds. The zero-order valence-corrected chi connectivity index (χ0v) is 18.0. The van der Waals surface area contributed by atoms with E-state index in [1.165, 1.54) is 45.9 Å². The van der Waals surface area contributed by atoms with Gasteiger partial charge < -0.3 is 15.0 Å². The van der Waals surface area contributed by atoms with Crippen molar-refractivity contribution in [1.82, 2.24) is 24.8 Å². The van der Waals surface area contributed by atoms with Gasteiger partial charge in [-0.2, -0.15) is 4.68 Å². The number of nitrogens with one attached hydrogen (secondary N) is 1. The van der Waals surface area contributed by atoms with E-state index >= 15 is 0 Å². The number of hydrogen-bond acceptors (Lipinski definition) is 6. The minimum absolute atomic E-state index is 0.109. The summed E-state index contributed by atoms with van der Waals surface area (Å²) in [6.07, 6.45) is 3.03. The molecular formula is C22H17ClN6O4. The Morgan fingerprint density at radius 3 is 2.52 bits per heavy atom. The van der Waals surface area contributed by atoms with Gasteiger partial charge in [0.2, 0.25) is 5.91 Å². The Morgan fingerprint density at radius 1 is 1.09 bits per heavy atom. The molecule has 33 heavy (non-hydrogen) atoms. The van der Waals surface area contributed by atoms with Crippen molar-refractivity contribution in [2.45, 2.75) is 13.5 Å². The number of pyridine rings is 1. The molecule has 2 aromatic heterocycles. The van der Waals surface area contributed by atoms with Gasteiger partial charge in [-0.3, -0.25) is 9.59 Å². The molecule has 0 aliphatic heterocycles. The molecular weight excluding hydrogens is 448 g/mol. The van der Waals surface area contributed by atoms with Crippen LogP contribution in [0.1, 0.15) is 15.9 Å². The number of anilines is 1. The third kappa shape index (κ3) is 4.80. The summed E-state index contributed by atoms with van der Waals surface area (Å²) in [4.78, 5) is 36.2. The summed E-state index contributed by atoms with van der Waals surface area (Å²) >= 11 is 6.19. The molecule has 0 radical (unpaired) electrons. The minimum Gasteiger partial charge on any atom is -0.478 e. The van der Waals surface area contributed by atoms with Crippen LogP contribution in [0.2, 0.25) is 5.02 Å². The average Bonchev–Trinajstić information content (AvgIpc) is 3.31. The van der Waals surface area contributed by atoms with Gasteiger partial charge >= 0.3 is 5.97 Å².